The number of benzene rings is 2. The van der Waals surface area contributed by atoms with E-state index in [0.717, 1.165) is 0 Å². The minimum Gasteiger partial charge on any atom is -0.457 e. The molecule has 0 aliphatic rings. The first-order chi connectivity index (χ1) is 8.69. The molecule has 2 N–H and O–H groups in total. The summed E-state index contributed by atoms with van der Waals surface area (Å²) in [6.45, 7) is 0.392. The average Bonchev–Trinajstić information content (AvgIpc) is 2.33. The Labute approximate surface area is 104 Å². The topological polar surface area (TPSA) is 35.2 Å². The molecular formula is C14H13F2NO. The van der Waals surface area contributed by atoms with Crippen molar-refractivity contribution >= 4 is 0 Å². The average molecular weight is 249 g/mol. The summed E-state index contributed by atoms with van der Waals surface area (Å²) in [5.41, 5.74) is 6.13. The van der Waals surface area contributed by atoms with E-state index < -0.39 is 0 Å². The van der Waals surface area contributed by atoms with E-state index in [2.05, 4.69) is 0 Å². The van der Waals surface area contributed by atoms with Crippen molar-refractivity contribution < 1.29 is 13.5 Å². The highest BCUT2D eigenvalue weighted by Gasteiger charge is 2.06. The zero-order valence-corrected chi connectivity index (χ0v) is 9.70. The van der Waals surface area contributed by atoms with Crippen LogP contribution in [0, 0.1) is 11.6 Å². The molecule has 0 bridgehead atoms. The highest BCUT2D eigenvalue weighted by atomic mass is 19.1. The Morgan fingerprint density at radius 1 is 1.00 bits per heavy atom. The van der Waals surface area contributed by atoms with Gasteiger partial charge in [-0.15, -0.1) is 0 Å². The summed E-state index contributed by atoms with van der Waals surface area (Å²) >= 11 is 0. The van der Waals surface area contributed by atoms with Gasteiger partial charge in [-0.2, -0.15) is 0 Å². The van der Waals surface area contributed by atoms with Gasteiger partial charge in [0.25, 0.3) is 0 Å². The first-order valence-corrected chi connectivity index (χ1v) is 5.61. The van der Waals surface area contributed by atoms with Crippen LogP contribution in [0.2, 0.25) is 0 Å². The molecule has 0 atom stereocenters. The van der Waals surface area contributed by atoms with E-state index in [1.54, 1.807) is 12.1 Å². The predicted molar refractivity (Wildman–Crippen MR) is 65.6 cm³/mol. The quantitative estimate of drug-likeness (QED) is 0.902. The minimum atomic E-state index is -0.380. The molecule has 0 amide bonds. The van der Waals surface area contributed by atoms with Crippen LogP contribution in [-0.2, 0) is 6.42 Å². The molecule has 2 nitrogen and oxygen atoms in total. The number of halogens is 2. The zero-order chi connectivity index (χ0) is 13.0. The highest BCUT2D eigenvalue weighted by Crippen LogP contribution is 2.26. The van der Waals surface area contributed by atoms with E-state index in [0.29, 0.717) is 30.0 Å². The molecule has 0 aliphatic heterocycles. The van der Waals surface area contributed by atoms with Crippen LogP contribution < -0.4 is 10.5 Å². The Kier molecular flexibility index (Phi) is 3.89. The Morgan fingerprint density at radius 3 is 2.50 bits per heavy atom. The molecule has 0 unspecified atom stereocenters. The van der Waals surface area contributed by atoms with E-state index in [1.165, 1.54) is 30.3 Å². The van der Waals surface area contributed by atoms with Crippen molar-refractivity contribution in [3.63, 3.8) is 0 Å². The fourth-order valence-electron chi connectivity index (χ4n) is 1.66. The molecule has 2 rings (SSSR count). The highest BCUT2D eigenvalue weighted by molar-refractivity contribution is 5.38. The van der Waals surface area contributed by atoms with Crippen LogP contribution in [0.25, 0.3) is 0 Å². The maximum atomic E-state index is 13.1. The number of nitrogens with two attached hydrogens (primary N) is 1. The van der Waals surface area contributed by atoms with Crippen LogP contribution in [0.1, 0.15) is 5.56 Å². The standard InChI is InChI=1S/C14H13F2NO/c15-11-2-1-3-13(9-11)18-14-5-4-12(16)8-10(14)6-7-17/h1-5,8-9H,6-7,17H2. The Morgan fingerprint density at radius 2 is 1.78 bits per heavy atom. The van der Waals surface area contributed by atoms with Gasteiger partial charge < -0.3 is 10.5 Å². The van der Waals surface area contributed by atoms with Gasteiger partial charge in [0.15, 0.2) is 0 Å². The molecule has 0 aliphatic carbocycles. The van der Waals surface area contributed by atoms with Crippen LogP contribution in [-0.4, -0.2) is 6.54 Å². The van der Waals surface area contributed by atoms with Gasteiger partial charge in [-0.25, -0.2) is 8.78 Å². The number of ether oxygens (including phenoxy) is 1. The molecule has 0 spiro atoms. The summed E-state index contributed by atoms with van der Waals surface area (Å²) in [5, 5.41) is 0. The minimum absolute atomic E-state index is 0.343. The second-order valence-electron chi connectivity index (χ2n) is 3.85. The fraction of sp³-hybridized carbons (Fsp3) is 0.143. The molecule has 0 fully saturated rings. The summed E-state index contributed by atoms with van der Waals surface area (Å²) in [6.07, 6.45) is 0.502. The lowest BCUT2D eigenvalue weighted by atomic mass is 10.1. The van der Waals surface area contributed by atoms with E-state index in [4.69, 9.17) is 10.5 Å². The van der Waals surface area contributed by atoms with Crippen LogP contribution in [0.3, 0.4) is 0 Å². The molecule has 2 aromatic carbocycles. The molecule has 94 valence electrons. The molecule has 18 heavy (non-hydrogen) atoms. The maximum Gasteiger partial charge on any atom is 0.130 e. The molecule has 2 aromatic rings. The van der Waals surface area contributed by atoms with Crippen molar-refractivity contribution in [1.29, 1.82) is 0 Å². The maximum absolute atomic E-state index is 13.1. The van der Waals surface area contributed by atoms with Crippen LogP contribution in [0.5, 0.6) is 11.5 Å². The lowest BCUT2D eigenvalue weighted by Gasteiger charge is -2.10. The monoisotopic (exact) mass is 249 g/mol. The van der Waals surface area contributed by atoms with Gasteiger partial charge in [0, 0.05) is 6.07 Å². The van der Waals surface area contributed by atoms with Crippen molar-refractivity contribution in [1.82, 2.24) is 0 Å². The van der Waals surface area contributed by atoms with Gasteiger partial charge in [0.2, 0.25) is 0 Å². The third-order valence-electron chi connectivity index (χ3n) is 2.46. The number of hydrogen-bond donors (Lipinski definition) is 1. The van der Waals surface area contributed by atoms with E-state index in [-0.39, 0.29) is 11.6 Å². The Hall–Kier alpha value is -1.94. The summed E-state index contributed by atoms with van der Waals surface area (Å²) in [5.74, 6) is 0.146. The van der Waals surface area contributed by atoms with Gasteiger partial charge in [0.1, 0.15) is 23.1 Å². The normalized spacial score (nSPS) is 10.4. The van der Waals surface area contributed by atoms with Crippen molar-refractivity contribution in [3.05, 3.63) is 59.7 Å². The van der Waals surface area contributed by atoms with E-state index in [9.17, 15) is 8.78 Å². The van der Waals surface area contributed by atoms with Gasteiger partial charge in [-0.3, -0.25) is 0 Å². The first-order valence-electron chi connectivity index (χ1n) is 5.61. The molecule has 0 heterocycles. The Balaban J connectivity index is 2.28. The van der Waals surface area contributed by atoms with Crippen LogP contribution in [0.15, 0.2) is 42.5 Å². The fourth-order valence-corrected chi connectivity index (χ4v) is 1.66. The van der Waals surface area contributed by atoms with E-state index in [1.807, 2.05) is 0 Å². The SMILES string of the molecule is NCCc1cc(F)ccc1Oc1cccc(F)c1. The third-order valence-corrected chi connectivity index (χ3v) is 2.46. The lowest BCUT2D eigenvalue weighted by molar-refractivity contribution is 0.468. The van der Waals surface area contributed by atoms with Gasteiger partial charge in [-0.1, -0.05) is 6.07 Å². The first kappa shape index (κ1) is 12.5. The van der Waals surface area contributed by atoms with Crippen LogP contribution in [0.4, 0.5) is 8.78 Å². The summed E-state index contributed by atoms with van der Waals surface area (Å²) in [7, 11) is 0. The molecule has 0 radical (unpaired) electrons. The number of hydrogen-bond acceptors (Lipinski definition) is 2. The molecule has 0 aromatic heterocycles. The second kappa shape index (κ2) is 5.60. The Bertz CT molecular complexity index is 543. The van der Waals surface area contributed by atoms with Crippen LogP contribution >= 0.6 is 0 Å². The third kappa shape index (κ3) is 3.05. The van der Waals surface area contributed by atoms with Gasteiger partial charge in [-0.05, 0) is 48.9 Å². The second-order valence-corrected chi connectivity index (χ2v) is 3.85. The van der Waals surface area contributed by atoms with Gasteiger partial charge in [0.05, 0.1) is 0 Å². The smallest absolute Gasteiger partial charge is 0.130 e. The molecule has 4 heteroatoms. The summed E-state index contributed by atoms with van der Waals surface area (Å²) in [6, 6.07) is 9.99. The van der Waals surface area contributed by atoms with Gasteiger partial charge >= 0.3 is 0 Å². The van der Waals surface area contributed by atoms with Crippen molar-refractivity contribution in [3.8, 4) is 11.5 Å². The number of rotatable bonds is 4. The molecular weight excluding hydrogens is 236 g/mol. The summed E-state index contributed by atoms with van der Waals surface area (Å²) < 4.78 is 31.7. The largest absolute Gasteiger partial charge is 0.457 e. The predicted octanol–water partition coefficient (Wildman–Crippen LogP) is 3.26. The zero-order valence-electron chi connectivity index (χ0n) is 9.70. The van der Waals surface area contributed by atoms with Crippen molar-refractivity contribution in [2.75, 3.05) is 6.54 Å². The van der Waals surface area contributed by atoms with E-state index >= 15 is 0 Å². The summed E-state index contributed by atoms with van der Waals surface area (Å²) in [4.78, 5) is 0. The molecule has 0 saturated carbocycles. The van der Waals surface area contributed by atoms with Crippen molar-refractivity contribution in [2.24, 2.45) is 5.73 Å². The lowest BCUT2D eigenvalue weighted by Crippen LogP contribution is -2.04. The van der Waals surface area contributed by atoms with Crippen molar-refractivity contribution in [2.45, 2.75) is 6.42 Å². The molecule has 0 saturated heterocycles.